The molecule has 3 amide bonds. The maximum Gasteiger partial charge on any atom is 0.318 e. The van der Waals surface area contributed by atoms with E-state index in [1.165, 1.54) is 4.90 Å². The van der Waals surface area contributed by atoms with Crippen LogP contribution in [-0.2, 0) is 16.1 Å². The highest BCUT2D eigenvalue weighted by molar-refractivity contribution is 5.93. The number of urea groups is 1. The van der Waals surface area contributed by atoms with Gasteiger partial charge in [-0.2, -0.15) is 0 Å². The van der Waals surface area contributed by atoms with Crippen LogP contribution in [0.5, 0.6) is 0 Å². The second-order valence-corrected chi connectivity index (χ2v) is 10.6. The first kappa shape index (κ1) is 27.4. The molecule has 202 valence electrons. The first-order chi connectivity index (χ1) is 18.2. The van der Waals surface area contributed by atoms with Crippen LogP contribution in [0.1, 0.15) is 68.8 Å². The lowest BCUT2D eigenvalue weighted by Crippen LogP contribution is -2.50. The van der Waals surface area contributed by atoms with Crippen molar-refractivity contribution in [3.8, 4) is 0 Å². The van der Waals surface area contributed by atoms with Gasteiger partial charge in [0.15, 0.2) is 5.78 Å². The number of carbonyl (C=O) groups is 3. The maximum absolute atomic E-state index is 13.6. The van der Waals surface area contributed by atoms with Crippen molar-refractivity contribution < 1.29 is 14.4 Å². The molecule has 1 saturated heterocycles. The number of carbonyl (C=O) groups excluding carboxylic acids is 3. The number of aromatic amines is 1. The van der Waals surface area contributed by atoms with Gasteiger partial charge in [-0.25, -0.2) is 9.78 Å². The highest BCUT2D eigenvalue weighted by Crippen LogP contribution is 2.24. The number of imidazole rings is 1. The zero-order valence-electron chi connectivity index (χ0n) is 22.9. The summed E-state index contributed by atoms with van der Waals surface area (Å²) in [7, 11) is 1.69. The fourth-order valence-electron chi connectivity index (χ4n) is 5.16. The molecule has 38 heavy (non-hydrogen) atoms. The number of aryl methyl sites for hydroxylation is 1. The summed E-state index contributed by atoms with van der Waals surface area (Å²) in [6, 6.07) is 14.5. The molecule has 2 N–H and O–H groups in total. The third kappa shape index (κ3) is 6.60. The summed E-state index contributed by atoms with van der Waals surface area (Å²) in [4.78, 5) is 51.4. The van der Waals surface area contributed by atoms with Gasteiger partial charge in [0.25, 0.3) is 0 Å². The Morgan fingerprint density at radius 1 is 1.11 bits per heavy atom. The SMILES string of the molecule is Cc1cccc2[nH]c([C@H](C)CC(=O)[C@H](CC(=O)N3CCCC[C@@H]3C)NC(=O)N(C)Cc3ccccc3)nc12. The summed E-state index contributed by atoms with van der Waals surface area (Å²) in [6.45, 7) is 7.09. The first-order valence-electron chi connectivity index (χ1n) is 13.6. The van der Waals surface area contributed by atoms with Gasteiger partial charge < -0.3 is 20.1 Å². The van der Waals surface area contributed by atoms with Crippen molar-refractivity contribution in [1.82, 2.24) is 25.1 Å². The molecule has 1 aliphatic heterocycles. The van der Waals surface area contributed by atoms with Gasteiger partial charge in [-0.1, -0.05) is 49.4 Å². The first-order valence-corrected chi connectivity index (χ1v) is 13.6. The average molecular weight is 518 g/mol. The minimum absolute atomic E-state index is 0.0416. The molecule has 3 atom stereocenters. The van der Waals surface area contributed by atoms with Crippen molar-refractivity contribution in [2.24, 2.45) is 0 Å². The van der Waals surface area contributed by atoms with E-state index in [0.29, 0.717) is 13.1 Å². The molecule has 2 aromatic carbocycles. The largest absolute Gasteiger partial charge is 0.342 e. The number of fused-ring (bicyclic) bond motifs is 1. The number of likely N-dealkylation sites (tertiary alicyclic amines) is 1. The van der Waals surface area contributed by atoms with Crippen molar-refractivity contribution in [3.63, 3.8) is 0 Å². The summed E-state index contributed by atoms with van der Waals surface area (Å²) in [6.07, 6.45) is 3.14. The highest BCUT2D eigenvalue weighted by atomic mass is 16.2. The third-order valence-corrected chi connectivity index (χ3v) is 7.50. The lowest BCUT2D eigenvalue weighted by atomic mass is 9.96. The predicted molar refractivity (Wildman–Crippen MR) is 149 cm³/mol. The van der Waals surface area contributed by atoms with Crippen molar-refractivity contribution >= 4 is 28.8 Å². The minimum Gasteiger partial charge on any atom is -0.342 e. The number of ketones is 1. The molecule has 1 aliphatic rings. The van der Waals surface area contributed by atoms with Crippen LogP contribution >= 0.6 is 0 Å². The summed E-state index contributed by atoms with van der Waals surface area (Å²) in [5.74, 6) is 0.271. The van der Waals surface area contributed by atoms with E-state index in [-0.39, 0.29) is 42.5 Å². The molecule has 8 heteroatoms. The van der Waals surface area contributed by atoms with Crippen molar-refractivity contribution in [1.29, 1.82) is 0 Å². The van der Waals surface area contributed by atoms with Crippen LogP contribution in [0.15, 0.2) is 48.5 Å². The van der Waals surface area contributed by atoms with E-state index < -0.39 is 6.04 Å². The number of benzene rings is 2. The molecule has 0 radical (unpaired) electrons. The Morgan fingerprint density at radius 3 is 2.58 bits per heavy atom. The second-order valence-electron chi connectivity index (χ2n) is 10.6. The second kappa shape index (κ2) is 12.2. The Labute approximate surface area is 224 Å². The Kier molecular flexibility index (Phi) is 8.81. The van der Waals surface area contributed by atoms with Crippen LogP contribution in [0, 0.1) is 6.92 Å². The molecule has 3 aromatic rings. The van der Waals surface area contributed by atoms with E-state index in [0.717, 1.165) is 47.2 Å². The van der Waals surface area contributed by atoms with E-state index in [9.17, 15) is 14.4 Å². The van der Waals surface area contributed by atoms with E-state index in [2.05, 4.69) is 10.3 Å². The Hall–Kier alpha value is -3.68. The number of amides is 3. The third-order valence-electron chi connectivity index (χ3n) is 7.50. The van der Waals surface area contributed by atoms with Gasteiger partial charge >= 0.3 is 6.03 Å². The van der Waals surface area contributed by atoms with E-state index in [1.807, 2.05) is 74.2 Å². The predicted octanol–water partition coefficient (Wildman–Crippen LogP) is 4.94. The van der Waals surface area contributed by atoms with Crippen LogP contribution in [0.3, 0.4) is 0 Å². The van der Waals surface area contributed by atoms with Crippen LogP contribution in [0.2, 0.25) is 0 Å². The van der Waals surface area contributed by atoms with Crippen LogP contribution in [0.25, 0.3) is 11.0 Å². The maximum atomic E-state index is 13.6. The number of rotatable bonds is 9. The van der Waals surface area contributed by atoms with E-state index in [1.54, 1.807) is 7.05 Å². The van der Waals surface area contributed by atoms with Gasteiger partial charge in [-0.05, 0) is 50.3 Å². The molecule has 4 rings (SSSR count). The number of hydrogen-bond acceptors (Lipinski definition) is 4. The molecule has 1 aromatic heterocycles. The monoisotopic (exact) mass is 517 g/mol. The number of para-hydroxylation sites is 1. The fourth-order valence-corrected chi connectivity index (χ4v) is 5.16. The Bertz CT molecular complexity index is 1270. The number of hydrogen-bond donors (Lipinski definition) is 2. The Balaban J connectivity index is 1.48. The number of nitrogens with zero attached hydrogens (tertiary/aromatic N) is 3. The minimum atomic E-state index is -0.907. The van der Waals surface area contributed by atoms with E-state index >= 15 is 0 Å². The van der Waals surface area contributed by atoms with Crippen molar-refractivity contribution in [2.45, 2.75) is 77.4 Å². The van der Waals surface area contributed by atoms with Crippen molar-refractivity contribution in [3.05, 3.63) is 65.5 Å². The summed E-state index contributed by atoms with van der Waals surface area (Å²) < 4.78 is 0. The molecule has 1 fully saturated rings. The summed E-state index contributed by atoms with van der Waals surface area (Å²) in [5, 5.41) is 2.87. The van der Waals surface area contributed by atoms with Gasteiger partial charge in [-0.3, -0.25) is 9.59 Å². The van der Waals surface area contributed by atoms with Gasteiger partial charge in [0.1, 0.15) is 5.82 Å². The Morgan fingerprint density at radius 2 is 1.87 bits per heavy atom. The molecular formula is C30H39N5O3. The standard InChI is InChI=1S/C30H39N5O3/c1-20-11-10-15-24-28(20)33-29(31-24)21(2)17-26(36)25(18-27(37)35-16-9-8-12-22(35)3)32-30(38)34(4)19-23-13-6-5-7-14-23/h5-7,10-11,13-15,21-22,25H,8-9,12,16-19H2,1-4H3,(H,31,33)(H,32,38)/t21-,22+,25+/m1/s1. The van der Waals surface area contributed by atoms with Gasteiger partial charge in [-0.15, -0.1) is 0 Å². The number of Topliss-reactive ketones (excluding diaryl/α,β-unsaturated/α-hetero) is 1. The quantitative estimate of drug-likeness (QED) is 0.420. The number of nitrogens with one attached hydrogen (secondary N) is 2. The number of aromatic nitrogens is 2. The van der Waals surface area contributed by atoms with Crippen molar-refractivity contribution in [2.75, 3.05) is 13.6 Å². The molecular weight excluding hydrogens is 478 g/mol. The van der Waals surface area contributed by atoms with Crippen LogP contribution in [-0.4, -0.2) is 63.2 Å². The molecule has 0 saturated carbocycles. The molecule has 8 nitrogen and oxygen atoms in total. The molecule has 0 bridgehead atoms. The van der Waals surface area contributed by atoms with Gasteiger partial charge in [0.2, 0.25) is 5.91 Å². The lowest BCUT2D eigenvalue weighted by molar-refractivity contribution is -0.137. The lowest BCUT2D eigenvalue weighted by Gasteiger charge is -2.34. The molecule has 0 aliphatic carbocycles. The zero-order valence-corrected chi connectivity index (χ0v) is 22.9. The van der Waals surface area contributed by atoms with Crippen LogP contribution < -0.4 is 5.32 Å². The molecule has 0 unspecified atom stereocenters. The normalized spacial score (nSPS) is 17.2. The topological polar surface area (TPSA) is 98.4 Å². The van der Waals surface area contributed by atoms with Gasteiger partial charge in [0, 0.05) is 38.5 Å². The average Bonchev–Trinajstić information content (AvgIpc) is 3.35. The highest BCUT2D eigenvalue weighted by Gasteiger charge is 2.31. The molecule has 2 heterocycles. The summed E-state index contributed by atoms with van der Waals surface area (Å²) in [5.41, 5.74) is 3.88. The fraction of sp³-hybridized carbons (Fsp3) is 0.467. The molecule has 0 spiro atoms. The smallest absolute Gasteiger partial charge is 0.318 e. The van der Waals surface area contributed by atoms with Crippen LogP contribution in [0.4, 0.5) is 4.79 Å². The zero-order chi connectivity index (χ0) is 27.2. The van der Waals surface area contributed by atoms with E-state index in [4.69, 9.17) is 4.98 Å². The number of H-pyrrole nitrogens is 1. The van der Waals surface area contributed by atoms with Gasteiger partial charge in [0.05, 0.1) is 23.5 Å². The summed E-state index contributed by atoms with van der Waals surface area (Å²) >= 11 is 0. The number of piperidine rings is 1.